The first-order valence-electron chi connectivity index (χ1n) is 5.20. The van der Waals surface area contributed by atoms with Gasteiger partial charge in [-0.3, -0.25) is 0 Å². The highest BCUT2D eigenvalue weighted by atomic mass is 35.7. The minimum absolute atomic E-state index is 0.0380. The van der Waals surface area contributed by atoms with Crippen LogP contribution in [0.2, 0.25) is 0 Å². The molecule has 6 heteroatoms. The van der Waals surface area contributed by atoms with E-state index in [0.29, 0.717) is 22.9 Å². The number of nitrogens with zero attached hydrogens (tertiary/aromatic N) is 1. The Kier molecular flexibility index (Phi) is 3.14. The second kappa shape index (κ2) is 4.31. The zero-order valence-corrected chi connectivity index (χ0v) is 11.0. The summed E-state index contributed by atoms with van der Waals surface area (Å²) in [6, 6.07) is 4.40. The maximum absolute atomic E-state index is 11.2. The predicted molar refractivity (Wildman–Crippen MR) is 65.6 cm³/mol. The summed E-state index contributed by atoms with van der Waals surface area (Å²) < 4.78 is 27.8. The summed E-state index contributed by atoms with van der Waals surface area (Å²) in [5, 5.41) is 0. The van der Waals surface area contributed by atoms with Gasteiger partial charge in [0.05, 0.1) is 4.90 Å². The Morgan fingerprint density at radius 2 is 2.12 bits per heavy atom. The molecule has 0 radical (unpaired) electrons. The average molecular weight is 274 g/mol. The number of oxazole rings is 1. The first-order chi connectivity index (χ1) is 7.86. The van der Waals surface area contributed by atoms with E-state index in [-0.39, 0.29) is 4.90 Å². The van der Waals surface area contributed by atoms with E-state index in [2.05, 4.69) is 18.8 Å². The Bertz CT molecular complexity index is 646. The summed E-state index contributed by atoms with van der Waals surface area (Å²) in [6.45, 7) is 4.12. The van der Waals surface area contributed by atoms with Crippen LogP contribution in [0.1, 0.15) is 19.7 Å². The molecule has 2 rings (SSSR count). The highest BCUT2D eigenvalue weighted by Crippen LogP contribution is 2.23. The predicted octanol–water partition coefficient (Wildman–Crippen LogP) is 2.95. The molecule has 0 saturated carbocycles. The van der Waals surface area contributed by atoms with Crippen molar-refractivity contribution in [3.63, 3.8) is 0 Å². The van der Waals surface area contributed by atoms with Crippen molar-refractivity contribution >= 4 is 30.8 Å². The lowest BCUT2D eigenvalue weighted by atomic mass is 10.1. The number of halogens is 1. The van der Waals surface area contributed by atoms with Crippen LogP contribution >= 0.6 is 10.7 Å². The van der Waals surface area contributed by atoms with Gasteiger partial charge in [0.25, 0.3) is 9.05 Å². The van der Waals surface area contributed by atoms with Crippen LogP contribution in [0, 0.1) is 5.92 Å². The maximum atomic E-state index is 11.2. The van der Waals surface area contributed by atoms with Crippen LogP contribution in [-0.4, -0.2) is 13.4 Å². The van der Waals surface area contributed by atoms with E-state index < -0.39 is 9.05 Å². The second-order valence-electron chi connectivity index (χ2n) is 4.27. The van der Waals surface area contributed by atoms with Crippen LogP contribution in [0.25, 0.3) is 11.1 Å². The van der Waals surface area contributed by atoms with Crippen molar-refractivity contribution in [3.8, 4) is 0 Å². The Balaban J connectivity index is 2.48. The number of rotatable bonds is 3. The number of aromatic nitrogens is 1. The van der Waals surface area contributed by atoms with Gasteiger partial charge in [0, 0.05) is 17.1 Å². The molecule has 4 nitrogen and oxygen atoms in total. The van der Waals surface area contributed by atoms with E-state index in [1.54, 1.807) is 6.07 Å². The molecule has 0 atom stereocenters. The molecule has 0 aliphatic carbocycles. The van der Waals surface area contributed by atoms with E-state index >= 15 is 0 Å². The van der Waals surface area contributed by atoms with Crippen LogP contribution < -0.4 is 0 Å². The maximum Gasteiger partial charge on any atom is 0.261 e. The molecule has 17 heavy (non-hydrogen) atoms. The summed E-state index contributed by atoms with van der Waals surface area (Å²) in [7, 11) is 1.55. The van der Waals surface area contributed by atoms with Crippen molar-refractivity contribution in [3.05, 3.63) is 24.1 Å². The third kappa shape index (κ3) is 2.79. The Labute approximate surface area is 104 Å². The van der Waals surface area contributed by atoms with E-state index in [0.717, 1.165) is 6.42 Å². The molecule has 1 heterocycles. The van der Waals surface area contributed by atoms with E-state index in [1.165, 1.54) is 12.1 Å². The lowest BCUT2D eigenvalue weighted by molar-refractivity contribution is 0.482. The summed E-state index contributed by atoms with van der Waals surface area (Å²) in [5.74, 6) is 1.04. The molecule has 0 N–H and O–H groups in total. The smallest absolute Gasteiger partial charge is 0.261 e. The molecule has 0 aliphatic heterocycles. The van der Waals surface area contributed by atoms with Crippen molar-refractivity contribution in [2.45, 2.75) is 25.2 Å². The largest absolute Gasteiger partial charge is 0.441 e. The molecule has 0 fully saturated rings. The van der Waals surface area contributed by atoms with Crippen molar-refractivity contribution in [1.29, 1.82) is 0 Å². The minimum atomic E-state index is -3.72. The molecule has 0 amide bonds. The zero-order valence-electron chi connectivity index (χ0n) is 9.47. The summed E-state index contributed by atoms with van der Waals surface area (Å²) in [4.78, 5) is 4.28. The van der Waals surface area contributed by atoms with Crippen LogP contribution in [0.15, 0.2) is 27.5 Å². The van der Waals surface area contributed by atoms with E-state index in [1.807, 2.05) is 0 Å². The molecule has 2 aromatic rings. The monoisotopic (exact) mass is 273 g/mol. The standard InChI is InChI=1S/C11H12ClNO3S/c1-7(2)5-11-13-9-6-8(17(12,14)15)3-4-10(9)16-11/h3-4,6-7H,5H2,1-2H3. The van der Waals surface area contributed by atoms with Crippen molar-refractivity contribution in [2.75, 3.05) is 0 Å². The van der Waals surface area contributed by atoms with Gasteiger partial charge in [0.2, 0.25) is 0 Å². The van der Waals surface area contributed by atoms with Crippen LogP contribution in [0.5, 0.6) is 0 Å². The van der Waals surface area contributed by atoms with E-state index in [4.69, 9.17) is 15.1 Å². The third-order valence-corrected chi connectivity index (χ3v) is 3.62. The van der Waals surface area contributed by atoms with Gasteiger partial charge in [-0.15, -0.1) is 0 Å². The van der Waals surface area contributed by atoms with Gasteiger partial charge in [-0.05, 0) is 24.1 Å². The Morgan fingerprint density at radius 3 is 2.71 bits per heavy atom. The normalized spacial score (nSPS) is 12.5. The zero-order chi connectivity index (χ0) is 12.6. The van der Waals surface area contributed by atoms with Crippen LogP contribution in [0.3, 0.4) is 0 Å². The van der Waals surface area contributed by atoms with Crippen LogP contribution in [0.4, 0.5) is 0 Å². The summed E-state index contributed by atoms with van der Waals surface area (Å²) in [5.41, 5.74) is 1.09. The number of hydrogen-bond donors (Lipinski definition) is 0. The minimum Gasteiger partial charge on any atom is -0.441 e. The molecule has 0 bridgehead atoms. The number of hydrogen-bond acceptors (Lipinski definition) is 4. The fourth-order valence-corrected chi connectivity index (χ4v) is 2.31. The van der Waals surface area contributed by atoms with Crippen LogP contribution in [-0.2, 0) is 15.5 Å². The lowest BCUT2D eigenvalue weighted by Gasteiger charge is -1.96. The Hall–Kier alpha value is -1.07. The summed E-state index contributed by atoms with van der Waals surface area (Å²) >= 11 is 0. The number of benzene rings is 1. The van der Waals surface area contributed by atoms with Crippen molar-refractivity contribution in [1.82, 2.24) is 4.98 Å². The highest BCUT2D eigenvalue weighted by molar-refractivity contribution is 8.13. The first kappa shape index (κ1) is 12.4. The van der Waals surface area contributed by atoms with Gasteiger partial charge in [0.1, 0.15) is 5.52 Å². The summed E-state index contributed by atoms with van der Waals surface area (Å²) in [6.07, 6.45) is 0.720. The van der Waals surface area contributed by atoms with Gasteiger partial charge in [-0.1, -0.05) is 13.8 Å². The molecular weight excluding hydrogens is 262 g/mol. The fraction of sp³-hybridized carbons (Fsp3) is 0.364. The highest BCUT2D eigenvalue weighted by Gasteiger charge is 2.13. The molecule has 0 spiro atoms. The van der Waals surface area contributed by atoms with Gasteiger partial charge in [0.15, 0.2) is 11.5 Å². The van der Waals surface area contributed by atoms with Crippen molar-refractivity contribution in [2.24, 2.45) is 5.92 Å². The van der Waals surface area contributed by atoms with Gasteiger partial charge >= 0.3 is 0 Å². The molecule has 1 aromatic heterocycles. The first-order valence-corrected chi connectivity index (χ1v) is 7.51. The van der Waals surface area contributed by atoms with E-state index in [9.17, 15) is 8.42 Å². The SMILES string of the molecule is CC(C)Cc1nc2cc(S(=O)(=O)Cl)ccc2o1. The molecule has 92 valence electrons. The molecule has 0 aliphatic rings. The molecule has 0 unspecified atom stereocenters. The second-order valence-corrected chi connectivity index (χ2v) is 6.84. The van der Waals surface area contributed by atoms with Gasteiger partial charge < -0.3 is 4.42 Å². The molecule has 0 saturated heterocycles. The Morgan fingerprint density at radius 1 is 1.41 bits per heavy atom. The average Bonchev–Trinajstić information content (AvgIpc) is 2.55. The van der Waals surface area contributed by atoms with Gasteiger partial charge in [-0.2, -0.15) is 0 Å². The number of fused-ring (bicyclic) bond motifs is 1. The lowest BCUT2D eigenvalue weighted by Crippen LogP contribution is -1.93. The molecule has 1 aromatic carbocycles. The fourth-order valence-electron chi connectivity index (χ4n) is 1.54. The quantitative estimate of drug-likeness (QED) is 0.807. The third-order valence-electron chi connectivity index (χ3n) is 2.27. The van der Waals surface area contributed by atoms with Gasteiger partial charge in [-0.25, -0.2) is 13.4 Å². The molecular formula is C11H12ClNO3S. The van der Waals surface area contributed by atoms with Crippen molar-refractivity contribution < 1.29 is 12.8 Å². The topological polar surface area (TPSA) is 60.2 Å².